The van der Waals surface area contributed by atoms with Gasteiger partial charge >= 0.3 is 6.09 Å². The standard InChI is InChI=1S/C21H27N3O2/c1-2-3-13-22-20-12-11-18(15-23-20)19-10-7-14-24(19)21(25)26-16-17-8-5-4-6-9-17/h4-6,8-9,11-12,15,19H,2-3,7,10,13-14,16H2,1H3,(H,22,23)/t19-/m1/s1. The van der Waals surface area contributed by atoms with E-state index in [0.717, 1.165) is 55.7 Å². The van der Waals surface area contributed by atoms with Crippen LogP contribution in [0.25, 0.3) is 0 Å². The third kappa shape index (κ3) is 4.75. The summed E-state index contributed by atoms with van der Waals surface area (Å²) in [6.45, 7) is 4.14. The van der Waals surface area contributed by atoms with Gasteiger partial charge in [0.2, 0.25) is 0 Å². The van der Waals surface area contributed by atoms with E-state index in [4.69, 9.17) is 4.74 Å². The summed E-state index contributed by atoms with van der Waals surface area (Å²) in [7, 11) is 0. The zero-order chi connectivity index (χ0) is 18.2. The van der Waals surface area contributed by atoms with Gasteiger partial charge in [-0.25, -0.2) is 9.78 Å². The average Bonchev–Trinajstić information content (AvgIpc) is 3.18. The molecule has 26 heavy (non-hydrogen) atoms. The van der Waals surface area contributed by atoms with Gasteiger partial charge in [-0.15, -0.1) is 0 Å². The molecule has 1 saturated heterocycles. The summed E-state index contributed by atoms with van der Waals surface area (Å²) >= 11 is 0. The van der Waals surface area contributed by atoms with E-state index in [1.807, 2.05) is 47.5 Å². The fraction of sp³-hybridized carbons (Fsp3) is 0.429. The Bertz CT molecular complexity index is 688. The minimum Gasteiger partial charge on any atom is -0.445 e. The monoisotopic (exact) mass is 353 g/mol. The Morgan fingerprint density at radius 2 is 2.12 bits per heavy atom. The van der Waals surface area contributed by atoms with Crippen molar-refractivity contribution in [2.45, 2.75) is 45.3 Å². The first-order valence-electron chi connectivity index (χ1n) is 9.45. The number of unbranched alkanes of at least 4 members (excludes halogenated alkanes) is 1. The van der Waals surface area contributed by atoms with Gasteiger partial charge < -0.3 is 15.0 Å². The van der Waals surface area contributed by atoms with E-state index < -0.39 is 0 Å². The maximum Gasteiger partial charge on any atom is 0.410 e. The van der Waals surface area contributed by atoms with Gasteiger partial charge in [0.15, 0.2) is 0 Å². The van der Waals surface area contributed by atoms with Crippen LogP contribution < -0.4 is 5.32 Å². The number of rotatable bonds is 7. The van der Waals surface area contributed by atoms with Crippen molar-refractivity contribution in [2.24, 2.45) is 0 Å². The molecule has 0 bridgehead atoms. The maximum absolute atomic E-state index is 12.5. The van der Waals surface area contributed by atoms with Gasteiger partial charge in [-0.1, -0.05) is 49.7 Å². The normalized spacial score (nSPS) is 16.5. The van der Waals surface area contributed by atoms with E-state index in [-0.39, 0.29) is 12.1 Å². The maximum atomic E-state index is 12.5. The fourth-order valence-electron chi connectivity index (χ4n) is 3.23. The largest absolute Gasteiger partial charge is 0.445 e. The predicted molar refractivity (Wildman–Crippen MR) is 103 cm³/mol. The predicted octanol–water partition coefficient (Wildman–Crippen LogP) is 4.77. The minimum atomic E-state index is -0.249. The summed E-state index contributed by atoms with van der Waals surface area (Å²) in [4.78, 5) is 18.8. The summed E-state index contributed by atoms with van der Waals surface area (Å²) in [5.74, 6) is 0.887. The van der Waals surface area contributed by atoms with Gasteiger partial charge in [0.25, 0.3) is 0 Å². The first-order valence-corrected chi connectivity index (χ1v) is 9.45. The van der Waals surface area contributed by atoms with Crippen molar-refractivity contribution in [2.75, 3.05) is 18.4 Å². The van der Waals surface area contributed by atoms with Crippen LogP contribution in [0.5, 0.6) is 0 Å². The van der Waals surface area contributed by atoms with Crippen molar-refractivity contribution in [1.29, 1.82) is 0 Å². The molecule has 138 valence electrons. The SMILES string of the molecule is CCCCNc1ccc([C@H]2CCCN2C(=O)OCc2ccccc2)cn1. The Hall–Kier alpha value is -2.56. The number of hydrogen-bond donors (Lipinski definition) is 1. The molecule has 1 N–H and O–H groups in total. The van der Waals surface area contributed by atoms with Gasteiger partial charge in [0.05, 0.1) is 6.04 Å². The van der Waals surface area contributed by atoms with Gasteiger partial charge in [-0.2, -0.15) is 0 Å². The molecule has 3 rings (SSSR count). The number of carbonyl (C=O) groups is 1. The van der Waals surface area contributed by atoms with Crippen molar-refractivity contribution in [3.63, 3.8) is 0 Å². The van der Waals surface area contributed by atoms with Crippen molar-refractivity contribution in [3.8, 4) is 0 Å². The number of amides is 1. The summed E-state index contributed by atoms with van der Waals surface area (Å²) in [6.07, 6.45) is 5.86. The molecule has 1 aromatic heterocycles. The Labute approximate surface area is 155 Å². The molecule has 0 aliphatic carbocycles. The summed E-state index contributed by atoms with van der Waals surface area (Å²) in [6, 6.07) is 13.9. The molecular formula is C21H27N3O2. The van der Waals surface area contributed by atoms with Gasteiger partial charge in [0, 0.05) is 19.3 Å². The number of nitrogens with one attached hydrogen (secondary N) is 1. The molecule has 0 spiro atoms. The molecule has 5 nitrogen and oxygen atoms in total. The molecule has 2 aromatic rings. The lowest BCUT2D eigenvalue weighted by Gasteiger charge is -2.24. The Kier molecular flexibility index (Phi) is 6.47. The Balaban J connectivity index is 1.57. The smallest absolute Gasteiger partial charge is 0.410 e. The highest BCUT2D eigenvalue weighted by molar-refractivity contribution is 5.68. The first-order chi connectivity index (χ1) is 12.8. The van der Waals surface area contributed by atoms with Crippen LogP contribution in [0.2, 0.25) is 0 Å². The van der Waals surface area contributed by atoms with Crippen molar-refractivity contribution < 1.29 is 9.53 Å². The highest BCUT2D eigenvalue weighted by Crippen LogP contribution is 2.32. The number of benzene rings is 1. The van der Waals surface area contributed by atoms with Crippen molar-refractivity contribution in [1.82, 2.24) is 9.88 Å². The zero-order valence-corrected chi connectivity index (χ0v) is 15.4. The van der Waals surface area contributed by atoms with E-state index in [0.29, 0.717) is 6.61 Å². The van der Waals surface area contributed by atoms with E-state index >= 15 is 0 Å². The molecule has 1 aliphatic heterocycles. The van der Waals surface area contributed by atoms with E-state index in [1.54, 1.807) is 0 Å². The number of pyridine rings is 1. The molecular weight excluding hydrogens is 326 g/mol. The van der Waals surface area contributed by atoms with E-state index in [9.17, 15) is 4.79 Å². The van der Waals surface area contributed by atoms with Crippen LogP contribution in [0.1, 0.15) is 49.8 Å². The highest BCUT2D eigenvalue weighted by Gasteiger charge is 2.31. The number of carbonyl (C=O) groups excluding carboxylic acids is 1. The molecule has 1 aromatic carbocycles. The van der Waals surface area contributed by atoms with Crippen LogP contribution in [0.3, 0.4) is 0 Å². The lowest BCUT2D eigenvalue weighted by molar-refractivity contribution is 0.0920. The summed E-state index contributed by atoms with van der Waals surface area (Å²) in [5.41, 5.74) is 2.07. The molecule has 1 fully saturated rings. The van der Waals surface area contributed by atoms with Crippen LogP contribution >= 0.6 is 0 Å². The number of hydrogen-bond acceptors (Lipinski definition) is 4. The lowest BCUT2D eigenvalue weighted by Crippen LogP contribution is -2.31. The molecule has 1 aliphatic rings. The van der Waals surface area contributed by atoms with Gasteiger partial charge in [-0.05, 0) is 36.5 Å². The second-order valence-corrected chi connectivity index (χ2v) is 6.65. The molecule has 2 heterocycles. The molecule has 0 saturated carbocycles. The number of likely N-dealkylation sites (tertiary alicyclic amines) is 1. The number of nitrogens with zero attached hydrogens (tertiary/aromatic N) is 2. The van der Waals surface area contributed by atoms with E-state index in [1.165, 1.54) is 0 Å². The second kappa shape index (κ2) is 9.22. The lowest BCUT2D eigenvalue weighted by atomic mass is 10.1. The molecule has 5 heteroatoms. The number of aromatic nitrogens is 1. The van der Waals surface area contributed by atoms with Gasteiger partial charge in [-0.3, -0.25) is 0 Å². The summed E-state index contributed by atoms with van der Waals surface area (Å²) < 4.78 is 5.51. The summed E-state index contributed by atoms with van der Waals surface area (Å²) in [5, 5.41) is 3.32. The van der Waals surface area contributed by atoms with Gasteiger partial charge in [0.1, 0.15) is 12.4 Å². The van der Waals surface area contributed by atoms with Crippen LogP contribution in [-0.2, 0) is 11.3 Å². The molecule has 0 unspecified atom stereocenters. The number of ether oxygens (including phenoxy) is 1. The van der Waals surface area contributed by atoms with Crippen LogP contribution in [0.15, 0.2) is 48.7 Å². The minimum absolute atomic E-state index is 0.0514. The fourth-order valence-corrected chi connectivity index (χ4v) is 3.23. The quantitative estimate of drug-likeness (QED) is 0.729. The second-order valence-electron chi connectivity index (χ2n) is 6.65. The average molecular weight is 353 g/mol. The van der Waals surface area contributed by atoms with Crippen LogP contribution in [-0.4, -0.2) is 29.1 Å². The molecule has 0 radical (unpaired) electrons. The van der Waals surface area contributed by atoms with Crippen molar-refractivity contribution in [3.05, 3.63) is 59.8 Å². The molecule has 1 amide bonds. The third-order valence-corrected chi connectivity index (χ3v) is 4.70. The molecule has 1 atom stereocenters. The number of anilines is 1. The van der Waals surface area contributed by atoms with E-state index in [2.05, 4.69) is 23.3 Å². The highest BCUT2D eigenvalue weighted by atomic mass is 16.6. The zero-order valence-electron chi connectivity index (χ0n) is 15.4. The third-order valence-electron chi connectivity index (χ3n) is 4.70. The van der Waals surface area contributed by atoms with Crippen molar-refractivity contribution >= 4 is 11.9 Å². The Morgan fingerprint density at radius 1 is 1.27 bits per heavy atom. The Morgan fingerprint density at radius 3 is 2.85 bits per heavy atom. The van der Waals surface area contributed by atoms with Crippen LogP contribution in [0.4, 0.5) is 10.6 Å². The topological polar surface area (TPSA) is 54.5 Å². The first kappa shape index (κ1) is 18.2. The van der Waals surface area contributed by atoms with Crippen LogP contribution in [0, 0.1) is 0 Å².